The Balaban J connectivity index is 3.75. The van der Waals surface area contributed by atoms with E-state index in [1.54, 1.807) is 18.8 Å². The molecule has 7 heteroatoms. The maximum atomic E-state index is 10.6. The Labute approximate surface area is 64.0 Å². The highest BCUT2D eigenvalue weighted by atomic mass is 35.5. The van der Waals surface area contributed by atoms with Gasteiger partial charge in [0.25, 0.3) is 0 Å². The fourth-order valence-electron chi connectivity index (χ4n) is 0.332. The van der Waals surface area contributed by atoms with Crippen LogP contribution in [0.4, 0.5) is 0 Å². The van der Waals surface area contributed by atoms with Crippen LogP contribution in [0.25, 0.3) is 0 Å². The summed E-state index contributed by atoms with van der Waals surface area (Å²) in [5.41, 5.74) is 0. The van der Waals surface area contributed by atoms with E-state index in [-0.39, 0.29) is 6.10 Å². The second-order valence-corrected chi connectivity index (χ2v) is 3.28. The Kier molecular flexibility index (Phi) is 4.44. The summed E-state index contributed by atoms with van der Waals surface area (Å²) in [7, 11) is -3.99. The lowest BCUT2D eigenvalue weighted by molar-refractivity contribution is 0.106. The third-order valence-corrected chi connectivity index (χ3v) is 1.69. The summed E-state index contributed by atoms with van der Waals surface area (Å²) >= 11 is 4.79. The summed E-state index contributed by atoms with van der Waals surface area (Å²) in [6.07, 6.45) is -0.388. The molecule has 0 amide bonds. The van der Waals surface area contributed by atoms with E-state index in [9.17, 15) is 4.57 Å². The second-order valence-electron chi connectivity index (χ2n) is 1.79. The van der Waals surface area contributed by atoms with Crippen LogP contribution in [0.1, 0.15) is 13.8 Å². The van der Waals surface area contributed by atoms with E-state index in [4.69, 9.17) is 16.7 Å². The first-order valence-electron chi connectivity index (χ1n) is 2.53. The van der Waals surface area contributed by atoms with Crippen LogP contribution in [-0.2, 0) is 13.7 Å². The van der Waals surface area contributed by atoms with Crippen molar-refractivity contribution in [3.63, 3.8) is 0 Å². The van der Waals surface area contributed by atoms with Gasteiger partial charge in [-0.25, -0.2) is 4.57 Å². The fourth-order valence-corrected chi connectivity index (χ4v) is 1.26. The van der Waals surface area contributed by atoms with E-state index in [0.717, 1.165) is 0 Å². The topological polar surface area (TPSA) is 67.8 Å². The summed E-state index contributed by atoms with van der Waals surface area (Å²) in [6, 6.07) is 0. The van der Waals surface area contributed by atoms with E-state index >= 15 is 0 Å². The summed E-state index contributed by atoms with van der Waals surface area (Å²) in [6.45, 7) is 3.20. The summed E-state index contributed by atoms with van der Waals surface area (Å²) in [5, 5.41) is 0. The van der Waals surface area contributed by atoms with E-state index in [1.165, 1.54) is 0 Å². The number of hydrogen-bond acceptors (Lipinski definition) is 4. The molecule has 0 fully saturated rings. The number of phosphoric ester groups is 1. The molecule has 0 aromatic rings. The van der Waals surface area contributed by atoms with E-state index in [1.807, 2.05) is 0 Å². The lowest BCUT2D eigenvalue weighted by Gasteiger charge is -2.11. The van der Waals surface area contributed by atoms with Crippen molar-refractivity contribution < 1.29 is 18.6 Å². The van der Waals surface area contributed by atoms with Crippen molar-refractivity contribution in [1.82, 2.24) is 5.00 Å². The Bertz CT molecular complexity index is 140. The molecule has 0 aromatic carbocycles. The minimum Gasteiger partial charge on any atom is -0.301 e. The summed E-state index contributed by atoms with van der Waals surface area (Å²) in [4.78, 5) is 10.2. The summed E-state index contributed by atoms with van der Waals surface area (Å²) in [5.74, 6) is 0. The standard InChI is InChI=1S/C3H9ClNO4P/c1-3(2)8-10(6,7)9-5-4/h3,5H,1-2H3,(H,6,7). The molecule has 10 heavy (non-hydrogen) atoms. The van der Waals surface area contributed by atoms with Crippen LogP contribution in [0, 0.1) is 0 Å². The van der Waals surface area contributed by atoms with Crippen LogP contribution in [0.3, 0.4) is 0 Å². The maximum Gasteiger partial charge on any atom is 0.490 e. The molecular weight excluding hydrogens is 180 g/mol. The largest absolute Gasteiger partial charge is 0.490 e. The van der Waals surface area contributed by atoms with Gasteiger partial charge < -0.3 is 4.89 Å². The van der Waals surface area contributed by atoms with Gasteiger partial charge in [0.15, 0.2) is 0 Å². The molecule has 5 nitrogen and oxygen atoms in total. The van der Waals surface area contributed by atoms with Crippen LogP contribution < -0.4 is 5.00 Å². The molecule has 0 aliphatic rings. The van der Waals surface area contributed by atoms with E-state index < -0.39 is 7.82 Å². The van der Waals surface area contributed by atoms with E-state index in [0.29, 0.717) is 0 Å². The third-order valence-electron chi connectivity index (χ3n) is 0.494. The van der Waals surface area contributed by atoms with Crippen LogP contribution in [-0.4, -0.2) is 11.0 Å². The monoisotopic (exact) mass is 189 g/mol. The van der Waals surface area contributed by atoms with Crippen molar-refractivity contribution in [3.05, 3.63) is 0 Å². The van der Waals surface area contributed by atoms with Gasteiger partial charge in [-0.2, -0.15) is 4.62 Å². The number of nitrogens with one attached hydrogen (secondary N) is 1. The predicted molar refractivity (Wildman–Crippen MR) is 36.1 cm³/mol. The first kappa shape index (κ1) is 10.4. The van der Waals surface area contributed by atoms with Gasteiger partial charge in [0.05, 0.1) is 6.10 Å². The lowest BCUT2D eigenvalue weighted by atomic mass is 10.5. The van der Waals surface area contributed by atoms with Gasteiger partial charge in [-0.15, -0.1) is 5.00 Å². The van der Waals surface area contributed by atoms with Crippen molar-refractivity contribution in [2.75, 3.05) is 0 Å². The number of halogens is 1. The van der Waals surface area contributed by atoms with Crippen LogP contribution >= 0.6 is 19.6 Å². The van der Waals surface area contributed by atoms with Crippen molar-refractivity contribution in [3.8, 4) is 0 Å². The molecular formula is C3H9ClNO4P. The molecule has 0 bridgehead atoms. The number of phosphoric acid groups is 1. The zero-order valence-electron chi connectivity index (χ0n) is 5.57. The first-order chi connectivity index (χ1) is 4.48. The van der Waals surface area contributed by atoms with Gasteiger partial charge in [-0.3, -0.25) is 4.52 Å². The molecule has 62 valence electrons. The van der Waals surface area contributed by atoms with Crippen molar-refractivity contribution in [2.45, 2.75) is 20.0 Å². The van der Waals surface area contributed by atoms with Crippen molar-refractivity contribution in [1.29, 1.82) is 0 Å². The highest BCUT2D eigenvalue weighted by Gasteiger charge is 2.22. The van der Waals surface area contributed by atoms with Crippen molar-refractivity contribution >= 4 is 19.6 Å². The van der Waals surface area contributed by atoms with Gasteiger partial charge >= 0.3 is 7.82 Å². The predicted octanol–water partition coefficient (Wildman–Crippen LogP) is 1.19. The molecule has 0 aliphatic carbocycles. The number of rotatable bonds is 4. The highest BCUT2D eigenvalue weighted by Crippen LogP contribution is 2.43. The third kappa shape index (κ3) is 5.17. The molecule has 0 rings (SSSR count). The molecule has 0 radical (unpaired) electrons. The molecule has 0 aliphatic heterocycles. The Morgan fingerprint density at radius 3 is 2.50 bits per heavy atom. The van der Waals surface area contributed by atoms with Crippen LogP contribution in [0.15, 0.2) is 0 Å². The molecule has 0 spiro atoms. The highest BCUT2D eigenvalue weighted by molar-refractivity contribution is 7.47. The molecule has 0 saturated heterocycles. The van der Waals surface area contributed by atoms with Gasteiger partial charge in [0.2, 0.25) is 0 Å². The number of hydrogen-bond donors (Lipinski definition) is 2. The second kappa shape index (κ2) is 4.28. The van der Waals surface area contributed by atoms with Gasteiger partial charge in [0, 0.05) is 11.8 Å². The summed E-state index contributed by atoms with van der Waals surface area (Å²) < 4.78 is 19.0. The molecule has 2 N–H and O–H groups in total. The van der Waals surface area contributed by atoms with Gasteiger partial charge in [-0.1, -0.05) is 0 Å². The average Bonchev–Trinajstić information content (AvgIpc) is 1.59. The molecule has 1 atom stereocenters. The van der Waals surface area contributed by atoms with Gasteiger partial charge in [-0.05, 0) is 13.8 Å². The molecule has 0 saturated carbocycles. The lowest BCUT2D eigenvalue weighted by Crippen LogP contribution is -2.06. The smallest absolute Gasteiger partial charge is 0.301 e. The van der Waals surface area contributed by atoms with Crippen molar-refractivity contribution in [2.24, 2.45) is 0 Å². The zero-order chi connectivity index (χ0) is 8.20. The van der Waals surface area contributed by atoms with Crippen LogP contribution in [0.5, 0.6) is 0 Å². The molecule has 0 aromatic heterocycles. The Morgan fingerprint density at radius 1 is 1.70 bits per heavy atom. The minimum absolute atomic E-state index is 0.388. The van der Waals surface area contributed by atoms with E-state index in [2.05, 4.69) is 9.15 Å². The normalized spacial score (nSPS) is 17.3. The SMILES string of the molecule is CC(C)OP(=O)(O)ONCl. The zero-order valence-corrected chi connectivity index (χ0v) is 7.22. The fraction of sp³-hybridized carbons (Fsp3) is 1.00. The average molecular weight is 190 g/mol. The molecule has 0 heterocycles. The van der Waals surface area contributed by atoms with Crippen LogP contribution in [0.2, 0.25) is 0 Å². The Hall–Kier alpha value is 0.360. The maximum absolute atomic E-state index is 10.6. The Morgan fingerprint density at radius 2 is 2.20 bits per heavy atom. The molecule has 1 unspecified atom stereocenters. The quantitative estimate of drug-likeness (QED) is 0.395. The first-order valence-corrected chi connectivity index (χ1v) is 4.40. The van der Waals surface area contributed by atoms with Gasteiger partial charge in [0.1, 0.15) is 0 Å². The minimum atomic E-state index is -3.99.